The Hall–Kier alpha value is -1.43. The standard InChI is InChI=1S/C15H28N2O4/c1-10(2)11(3)15(21)17-12(6-4-5-9-16)13(18)7-8-14(19)20/h10-12H,4-9,16H2,1-3H3,(H,17,21)(H,19,20)/t11-,12-/m0/s1. The fraction of sp³-hybridized carbons (Fsp3) is 0.800. The van der Waals surface area contributed by atoms with Crippen LogP contribution in [0.1, 0.15) is 52.9 Å². The van der Waals surface area contributed by atoms with Crippen LogP contribution in [-0.4, -0.2) is 35.4 Å². The average molecular weight is 300 g/mol. The fourth-order valence-corrected chi connectivity index (χ4v) is 1.82. The lowest BCUT2D eigenvalue weighted by atomic mass is 9.95. The van der Waals surface area contributed by atoms with Gasteiger partial charge >= 0.3 is 5.97 Å². The minimum absolute atomic E-state index is 0.0566. The second kappa shape index (κ2) is 10.3. The number of aliphatic carboxylic acids is 1. The summed E-state index contributed by atoms with van der Waals surface area (Å²) in [6.45, 7) is 6.24. The topological polar surface area (TPSA) is 109 Å². The third kappa shape index (κ3) is 8.45. The number of ketones is 1. The van der Waals surface area contributed by atoms with Crippen molar-refractivity contribution in [3.05, 3.63) is 0 Å². The quantitative estimate of drug-likeness (QED) is 0.499. The average Bonchev–Trinajstić information content (AvgIpc) is 2.42. The molecule has 122 valence electrons. The van der Waals surface area contributed by atoms with Crippen molar-refractivity contribution in [1.29, 1.82) is 0 Å². The molecule has 1 amide bonds. The molecule has 0 bridgehead atoms. The van der Waals surface area contributed by atoms with Crippen LogP contribution in [0.25, 0.3) is 0 Å². The Kier molecular flexibility index (Phi) is 9.62. The predicted molar refractivity (Wildman–Crippen MR) is 80.7 cm³/mol. The maximum atomic E-state index is 12.1. The predicted octanol–water partition coefficient (Wildman–Crippen LogP) is 1.33. The highest BCUT2D eigenvalue weighted by Crippen LogP contribution is 2.12. The van der Waals surface area contributed by atoms with Crippen LogP contribution in [0.4, 0.5) is 0 Å². The summed E-state index contributed by atoms with van der Waals surface area (Å²) in [4.78, 5) is 34.7. The Labute approximate surface area is 126 Å². The Balaban J connectivity index is 4.60. The minimum atomic E-state index is -1.01. The van der Waals surface area contributed by atoms with Crippen LogP contribution in [0, 0.1) is 11.8 Å². The Morgan fingerprint density at radius 3 is 2.19 bits per heavy atom. The van der Waals surface area contributed by atoms with Gasteiger partial charge in [-0.1, -0.05) is 20.8 Å². The van der Waals surface area contributed by atoms with Gasteiger partial charge < -0.3 is 16.2 Å². The van der Waals surface area contributed by atoms with Gasteiger partial charge in [-0.3, -0.25) is 14.4 Å². The molecule has 0 aliphatic carbocycles. The number of Topliss-reactive ketones (excluding diaryl/α,β-unsaturated/α-hetero) is 1. The first kappa shape index (κ1) is 19.6. The summed E-state index contributed by atoms with van der Waals surface area (Å²) in [5, 5.41) is 11.4. The summed E-state index contributed by atoms with van der Waals surface area (Å²) >= 11 is 0. The van der Waals surface area contributed by atoms with Crippen LogP contribution < -0.4 is 11.1 Å². The summed E-state index contributed by atoms with van der Waals surface area (Å²) in [5.74, 6) is -1.39. The lowest BCUT2D eigenvalue weighted by Crippen LogP contribution is -2.44. The van der Waals surface area contributed by atoms with Gasteiger partial charge in [0, 0.05) is 12.3 Å². The molecule has 0 aliphatic rings. The van der Waals surface area contributed by atoms with Crippen LogP contribution in [0.2, 0.25) is 0 Å². The molecule has 4 N–H and O–H groups in total. The van der Waals surface area contributed by atoms with E-state index in [1.165, 1.54) is 0 Å². The van der Waals surface area contributed by atoms with E-state index < -0.39 is 12.0 Å². The second-order valence-electron chi connectivity index (χ2n) is 5.74. The monoisotopic (exact) mass is 300 g/mol. The van der Waals surface area contributed by atoms with Gasteiger partial charge in [-0.25, -0.2) is 0 Å². The molecule has 0 aromatic carbocycles. The second-order valence-corrected chi connectivity index (χ2v) is 5.74. The van der Waals surface area contributed by atoms with E-state index in [4.69, 9.17) is 10.8 Å². The van der Waals surface area contributed by atoms with Crippen molar-refractivity contribution in [3.8, 4) is 0 Å². The van der Waals surface area contributed by atoms with E-state index >= 15 is 0 Å². The molecule has 6 nitrogen and oxygen atoms in total. The van der Waals surface area contributed by atoms with Gasteiger partial charge in [-0.2, -0.15) is 0 Å². The molecule has 0 spiro atoms. The summed E-state index contributed by atoms with van der Waals surface area (Å²) in [5.41, 5.74) is 5.43. The SMILES string of the molecule is CC(C)[C@H](C)C(=O)N[C@@H](CCCCN)C(=O)CCC(=O)O. The number of carbonyl (C=O) groups is 3. The molecule has 0 heterocycles. The van der Waals surface area contributed by atoms with Gasteiger partial charge in [0.15, 0.2) is 5.78 Å². The smallest absolute Gasteiger partial charge is 0.303 e. The molecule has 0 aromatic rings. The molecule has 2 atom stereocenters. The van der Waals surface area contributed by atoms with E-state index in [-0.39, 0.29) is 36.4 Å². The maximum Gasteiger partial charge on any atom is 0.303 e. The van der Waals surface area contributed by atoms with Crippen molar-refractivity contribution in [3.63, 3.8) is 0 Å². The Morgan fingerprint density at radius 2 is 1.71 bits per heavy atom. The molecular weight excluding hydrogens is 272 g/mol. The number of carboxylic acid groups (broad SMARTS) is 1. The zero-order chi connectivity index (χ0) is 16.4. The lowest BCUT2D eigenvalue weighted by molar-refractivity contribution is -0.139. The number of unbranched alkanes of at least 4 members (excludes halogenated alkanes) is 1. The van der Waals surface area contributed by atoms with Crippen LogP contribution in [0.15, 0.2) is 0 Å². The molecule has 0 aliphatic heterocycles. The maximum absolute atomic E-state index is 12.1. The van der Waals surface area contributed by atoms with Gasteiger partial charge in [-0.15, -0.1) is 0 Å². The normalized spacial score (nSPS) is 13.8. The van der Waals surface area contributed by atoms with Crippen molar-refractivity contribution < 1.29 is 19.5 Å². The zero-order valence-electron chi connectivity index (χ0n) is 13.2. The van der Waals surface area contributed by atoms with E-state index in [0.29, 0.717) is 13.0 Å². The minimum Gasteiger partial charge on any atom is -0.481 e. The number of carboxylic acids is 1. The van der Waals surface area contributed by atoms with Crippen molar-refractivity contribution in [2.45, 2.75) is 58.9 Å². The first-order valence-electron chi connectivity index (χ1n) is 7.54. The largest absolute Gasteiger partial charge is 0.481 e. The summed E-state index contributed by atoms with van der Waals surface area (Å²) in [6, 6.07) is -0.607. The molecule has 0 saturated heterocycles. The van der Waals surface area contributed by atoms with Crippen molar-refractivity contribution in [1.82, 2.24) is 5.32 Å². The van der Waals surface area contributed by atoms with E-state index in [1.807, 2.05) is 20.8 Å². The van der Waals surface area contributed by atoms with Crippen LogP contribution in [0.3, 0.4) is 0 Å². The van der Waals surface area contributed by atoms with Crippen molar-refractivity contribution in [2.75, 3.05) is 6.54 Å². The van der Waals surface area contributed by atoms with Crippen LogP contribution >= 0.6 is 0 Å². The molecule has 6 heteroatoms. The summed E-state index contributed by atoms with van der Waals surface area (Å²) in [6.07, 6.45) is 1.75. The number of amides is 1. The van der Waals surface area contributed by atoms with E-state index in [9.17, 15) is 14.4 Å². The third-order valence-corrected chi connectivity index (χ3v) is 3.65. The fourth-order valence-electron chi connectivity index (χ4n) is 1.82. The Bertz CT molecular complexity index is 356. The first-order chi connectivity index (χ1) is 9.79. The molecule has 0 radical (unpaired) electrons. The lowest BCUT2D eigenvalue weighted by Gasteiger charge is -2.21. The summed E-state index contributed by atoms with van der Waals surface area (Å²) < 4.78 is 0. The zero-order valence-corrected chi connectivity index (χ0v) is 13.2. The number of hydrogen-bond donors (Lipinski definition) is 3. The molecule has 0 aromatic heterocycles. The van der Waals surface area contributed by atoms with Gasteiger partial charge in [0.25, 0.3) is 0 Å². The molecule has 0 unspecified atom stereocenters. The van der Waals surface area contributed by atoms with Gasteiger partial charge in [0.2, 0.25) is 5.91 Å². The van der Waals surface area contributed by atoms with Gasteiger partial charge in [0.05, 0.1) is 12.5 Å². The number of nitrogens with two attached hydrogens (primary N) is 1. The highest BCUT2D eigenvalue weighted by Gasteiger charge is 2.24. The molecular formula is C15H28N2O4. The van der Waals surface area contributed by atoms with Crippen LogP contribution in [-0.2, 0) is 14.4 Å². The Morgan fingerprint density at radius 1 is 1.10 bits per heavy atom. The number of hydrogen-bond acceptors (Lipinski definition) is 4. The van der Waals surface area contributed by atoms with Gasteiger partial charge in [-0.05, 0) is 31.7 Å². The van der Waals surface area contributed by atoms with Crippen molar-refractivity contribution >= 4 is 17.7 Å². The number of rotatable bonds is 11. The van der Waals surface area contributed by atoms with E-state index in [1.54, 1.807) is 0 Å². The third-order valence-electron chi connectivity index (χ3n) is 3.65. The van der Waals surface area contributed by atoms with Crippen molar-refractivity contribution in [2.24, 2.45) is 17.6 Å². The van der Waals surface area contributed by atoms with E-state index in [2.05, 4.69) is 5.32 Å². The molecule has 21 heavy (non-hydrogen) atoms. The molecule has 0 saturated carbocycles. The highest BCUT2D eigenvalue weighted by molar-refractivity contribution is 5.91. The number of carbonyl (C=O) groups excluding carboxylic acids is 2. The van der Waals surface area contributed by atoms with Gasteiger partial charge in [0.1, 0.15) is 0 Å². The number of nitrogens with one attached hydrogen (secondary N) is 1. The van der Waals surface area contributed by atoms with E-state index in [0.717, 1.165) is 12.8 Å². The summed E-state index contributed by atoms with van der Waals surface area (Å²) in [7, 11) is 0. The van der Waals surface area contributed by atoms with Crippen LogP contribution in [0.5, 0.6) is 0 Å². The first-order valence-corrected chi connectivity index (χ1v) is 7.54. The molecule has 0 fully saturated rings. The highest BCUT2D eigenvalue weighted by atomic mass is 16.4. The molecule has 0 rings (SSSR count).